The van der Waals surface area contributed by atoms with Crippen molar-refractivity contribution in [1.29, 1.82) is 0 Å². The van der Waals surface area contributed by atoms with Gasteiger partial charge >= 0.3 is 5.97 Å². The third kappa shape index (κ3) is 4.33. The topological polar surface area (TPSA) is 49.7 Å². The molecule has 0 saturated carbocycles. The van der Waals surface area contributed by atoms with Crippen molar-refractivity contribution < 1.29 is 9.90 Å². The van der Waals surface area contributed by atoms with Gasteiger partial charge in [0, 0.05) is 5.57 Å². The number of aliphatic imine (C=N–C) groups is 1. The summed E-state index contributed by atoms with van der Waals surface area (Å²) in [5.74, 6) is -0.977. The standard InChI is InChI=1S/C7H8ClNO2/c1-5(7(10)11)3-4-6(8)9-2/h3-4H,2H2,1H3,(H,10,11)/b5-3+,6-4-. The average molecular weight is 174 g/mol. The zero-order valence-electron chi connectivity index (χ0n) is 6.04. The van der Waals surface area contributed by atoms with Crippen LogP contribution in [0.3, 0.4) is 0 Å². The molecular formula is C7H8ClNO2. The van der Waals surface area contributed by atoms with E-state index in [1.165, 1.54) is 19.1 Å². The minimum Gasteiger partial charge on any atom is -0.478 e. The minimum atomic E-state index is -0.977. The van der Waals surface area contributed by atoms with E-state index in [2.05, 4.69) is 11.7 Å². The van der Waals surface area contributed by atoms with Crippen molar-refractivity contribution >= 4 is 24.3 Å². The van der Waals surface area contributed by atoms with Crippen molar-refractivity contribution in [3.8, 4) is 0 Å². The zero-order chi connectivity index (χ0) is 8.85. The van der Waals surface area contributed by atoms with Gasteiger partial charge in [0.15, 0.2) is 0 Å². The highest BCUT2D eigenvalue weighted by molar-refractivity contribution is 6.29. The molecular weight excluding hydrogens is 166 g/mol. The van der Waals surface area contributed by atoms with Crippen LogP contribution in [0.5, 0.6) is 0 Å². The van der Waals surface area contributed by atoms with Crippen LogP contribution >= 0.6 is 11.6 Å². The lowest BCUT2D eigenvalue weighted by Gasteiger charge is -1.87. The summed E-state index contributed by atoms with van der Waals surface area (Å²) >= 11 is 5.41. The van der Waals surface area contributed by atoms with Gasteiger partial charge in [-0.2, -0.15) is 0 Å². The SMILES string of the molecule is C=N/C(Cl)=C\C=C(/C)C(=O)O. The molecule has 60 valence electrons. The zero-order valence-corrected chi connectivity index (χ0v) is 6.80. The Balaban J connectivity index is 4.34. The van der Waals surface area contributed by atoms with Crippen molar-refractivity contribution in [1.82, 2.24) is 0 Å². The van der Waals surface area contributed by atoms with Crippen LogP contribution in [0.2, 0.25) is 0 Å². The van der Waals surface area contributed by atoms with E-state index < -0.39 is 5.97 Å². The number of allylic oxidation sites excluding steroid dienone is 2. The molecule has 0 spiro atoms. The highest BCUT2D eigenvalue weighted by Gasteiger charge is 1.96. The number of halogens is 1. The van der Waals surface area contributed by atoms with Crippen molar-refractivity contribution in [3.05, 3.63) is 22.9 Å². The number of nitrogens with zero attached hydrogens (tertiary/aromatic N) is 1. The number of carboxylic acids is 1. The van der Waals surface area contributed by atoms with Crippen LogP contribution < -0.4 is 0 Å². The van der Waals surface area contributed by atoms with Gasteiger partial charge in [-0.05, 0) is 25.8 Å². The molecule has 0 aliphatic heterocycles. The van der Waals surface area contributed by atoms with Crippen LogP contribution in [0, 0.1) is 0 Å². The van der Waals surface area contributed by atoms with E-state index in [0.29, 0.717) is 0 Å². The second-order valence-electron chi connectivity index (χ2n) is 1.80. The second-order valence-corrected chi connectivity index (χ2v) is 2.19. The van der Waals surface area contributed by atoms with E-state index in [0.717, 1.165) is 0 Å². The Morgan fingerprint density at radius 2 is 2.18 bits per heavy atom. The van der Waals surface area contributed by atoms with E-state index >= 15 is 0 Å². The van der Waals surface area contributed by atoms with Crippen LogP contribution in [-0.4, -0.2) is 17.8 Å². The Morgan fingerprint density at radius 1 is 1.64 bits per heavy atom. The number of rotatable bonds is 3. The Hall–Kier alpha value is -1.09. The number of carbonyl (C=O) groups is 1. The molecule has 11 heavy (non-hydrogen) atoms. The second kappa shape index (κ2) is 4.68. The molecule has 0 rings (SSSR count). The van der Waals surface area contributed by atoms with Crippen molar-refractivity contribution in [2.45, 2.75) is 6.92 Å². The number of aliphatic carboxylic acids is 1. The maximum atomic E-state index is 10.2. The van der Waals surface area contributed by atoms with Crippen molar-refractivity contribution in [3.63, 3.8) is 0 Å². The molecule has 0 atom stereocenters. The first-order chi connectivity index (χ1) is 5.07. The van der Waals surface area contributed by atoms with E-state index in [1.54, 1.807) is 0 Å². The third-order valence-corrected chi connectivity index (χ3v) is 1.20. The molecule has 0 aliphatic carbocycles. The van der Waals surface area contributed by atoms with Gasteiger partial charge < -0.3 is 5.11 Å². The molecule has 0 heterocycles. The highest BCUT2D eigenvalue weighted by atomic mass is 35.5. The van der Waals surface area contributed by atoms with Gasteiger partial charge in [0.25, 0.3) is 0 Å². The molecule has 0 bridgehead atoms. The molecule has 0 aliphatic rings. The van der Waals surface area contributed by atoms with E-state index in [-0.39, 0.29) is 10.7 Å². The van der Waals surface area contributed by atoms with Gasteiger partial charge in [-0.3, -0.25) is 4.99 Å². The molecule has 0 saturated heterocycles. The van der Waals surface area contributed by atoms with Crippen molar-refractivity contribution in [2.24, 2.45) is 4.99 Å². The molecule has 0 fully saturated rings. The molecule has 0 aromatic heterocycles. The average Bonchev–Trinajstić information content (AvgIpc) is 1.99. The molecule has 0 radical (unpaired) electrons. The number of hydrogen-bond acceptors (Lipinski definition) is 2. The molecule has 0 amide bonds. The lowest BCUT2D eigenvalue weighted by molar-refractivity contribution is -0.132. The highest BCUT2D eigenvalue weighted by Crippen LogP contribution is 2.03. The van der Waals surface area contributed by atoms with Gasteiger partial charge in [0.05, 0.1) is 0 Å². The Labute approximate surface area is 69.7 Å². The third-order valence-electron chi connectivity index (χ3n) is 0.959. The summed E-state index contributed by atoms with van der Waals surface area (Å²) in [6.07, 6.45) is 2.73. The number of carboxylic acid groups (broad SMARTS) is 1. The Morgan fingerprint density at radius 3 is 2.55 bits per heavy atom. The predicted molar refractivity (Wildman–Crippen MR) is 44.9 cm³/mol. The van der Waals surface area contributed by atoms with E-state index in [4.69, 9.17) is 16.7 Å². The molecule has 0 aromatic carbocycles. The number of hydrogen-bond donors (Lipinski definition) is 1. The summed E-state index contributed by atoms with van der Waals surface area (Å²) in [6.45, 7) is 4.62. The van der Waals surface area contributed by atoms with Gasteiger partial charge in [-0.15, -0.1) is 0 Å². The van der Waals surface area contributed by atoms with Crippen LogP contribution in [0.25, 0.3) is 0 Å². The fraction of sp³-hybridized carbons (Fsp3) is 0.143. The fourth-order valence-corrected chi connectivity index (χ4v) is 0.381. The van der Waals surface area contributed by atoms with Crippen LogP contribution in [0.1, 0.15) is 6.92 Å². The van der Waals surface area contributed by atoms with E-state index in [1.807, 2.05) is 0 Å². The normalized spacial score (nSPS) is 12.9. The summed E-state index contributed by atoms with van der Waals surface area (Å²) in [5.41, 5.74) is 0.201. The Kier molecular flexibility index (Phi) is 4.22. The quantitative estimate of drug-likeness (QED) is 0.306. The summed E-state index contributed by atoms with van der Waals surface area (Å²) in [7, 11) is 0. The maximum absolute atomic E-state index is 10.2. The predicted octanol–water partition coefficient (Wildman–Crippen LogP) is 1.80. The first kappa shape index (κ1) is 9.91. The molecule has 0 unspecified atom stereocenters. The lowest BCUT2D eigenvalue weighted by atomic mass is 10.3. The van der Waals surface area contributed by atoms with Crippen molar-refractivity contribution in [2.75, 3.05) is 0 Å². The summed E-state index contributed by atoms with van der Waals surface area (Å²) < 4.78 is 0. The van der Waals surface area contributed by atoms with Gasteiger partial charge in [0.1, 0.15) is 5.16 Å². The Bertz CT molecular complexity index is 231. The fourth-order valence-electron chi connectivity index (χ4n) is 0.318. The van der Waals surface area contributed by atoms with E-state index in [9.17, 15) is 4.79 Å². The molecule has 0 aromatic rings. The molecule has 4 heteroatoms. The molecule has 3 nitrogen and oxygen atoms in total. The first-order valence-corrected chi connectivity index (χ1v) is 3.20. The maximum Gasteiger partial charge on any atom is 0.331 e. The molecule has 1 N–H and O–H groups in total. The monoisotopic (exact) mass is 173 g/mol. The van der Waals surface area contributed by atoms with Crippen LogP contribution in [0.4, 0.5) is 0 Å². The smallest absolute Gasteiger partial charge is 0.331 e. The first-order valence-electron chi connectivity index (χ1n) is 2.82. The lowest BCUT2D eigenvalue weighted by Crippen LogP contribution is -1.94. The largest absolute Gasteiger partial charge is 0.478 e. The van der Waals surface area contributed by atoms with Crippen LogP contribution in [-0.2, 0) is 4.79 Å². The van der Waals surface area contributed by atoms with Gasteiger partial charge in [0.2, 0.25) is 0 Å². The minimum absolute atomic E-state index is 0.172. The van der Waals surface area contributed by atoms with Gasteiger partial charge in [-0.25, -0.2) is 4.79 Å². The summed E-state index contributed by atoms with van der Waals surface area (Å²) in [4.78, 5) is 13.6. The van der Waals surface area contributed by atoms with Crippen LogP contribution in [0.15, 0.2) is 27.9 Å². The van der Waals surface area contributed by atoms with Gasteiger partial charge in [-0.1, -0.05) is 11.6 Å². The summed E-state index contributed by atoms with van der Waals surface area (Å²) in [5, 5.41) is 8.55. The summed E-state index contributed by atoms with van der Waals surface area (Å²) in [6, 6.07) is 0.